The van der Waals surface area contributed by atoms with Crippen LogP contribution in [-0.4, -0.2) is 42.2 Å². The lowest BCUT2D eigenvalue weighted by Gasteiger charge is -2.36. The van der Waals surface area contributed by atoms with Crippen molar-refractivity contribution in [2.45, 2.75) is 46.1 Å². The van der Waals surface area contributed by atoms with Gasteiger partial charge < -0.3 is 4.90 Å². The normalized spacial score (nSPS) is 25.2. The van der Waals surface area contributed by atoms with E-state index in [4.69, 9.17) is 4.99 Å². The number of aryl methyl sites for hydroxylation is 2. The molecule has 28 heavy (non-hydrogen) atoms. The third kappa shape index (κ3) is 4.47. The van der Waals surface area contributed by atoms with Crippen LogP contribution >= 0.6 is 0 Å². The van der Waals surface area contributed by atoms with Crippen LogP contribution in [0.1, 0.15) is 48.9 Å². The van der Waals surface area contributed by atoms with E-state index >= 15 is 0 Å². The van der Waals surface area contributed by atoms with E-state index in [1.165, 1.54) is 53.9 Å². The summed E-state index contributed by atoms with van der Waals surface area (Å²) in [5.74, 6) is 0.745. The fourth-order valence-electron chi connectivity index (χ4n) is 4.54. The van der Waals surface area contributed by atoms with Crippen LogP contribution in [0, 0.1) is 19.8 Å². The monoisotopic (exact) mass is 375 g/mol. The third-order valence-corrected chi connectivity index (χ3v) is 6.40. The molecular formula is C25H33N3. The summed E-state index contributed by atoms with van der Waals surface area (Å²) in [5.41, 5.74) is 6.79. The molecule has 0 bridgehead atoms. The van der Waals surface area contributed by atoms with Gasteiger partial charge >= 0.3 is 0 Å². The van der Waals surface area contributed by atoms with E-state index in [0.29, 0.717) is 0 Å². The van der Waals surface area contributed by atoms with Gasteiger partial charge in [0.2, 0.25) is 0 Å². The van der Waals surface area contributed by atoms with Crippen molar-refractivity contribution in [1.29, 1.82) is 0 Å². The average Bonchev–Trinajstić information content (AvgIpc) is 3.15. The Bertz CT molecular complexity index is 830. The van der Waals surface area contributed by atoms with E-state index in [9.17, 15) is 0 Å². The first kappa shape index (κ1) is 19.2. The average molecular weight is 376 g/mol. The summed E-state index contributed by atoms with van der Waals surface area (Å²) < 4.78 is 0. The topological polar surface area (TPSA) is 18.8 Å². The molecule has 0 aliphatic carbocycles. The summed E-state index contributed by atoms with van der Waals surface area (Å²) in [7, 11) is 0. The lowest BCUT2D eigenvalue weighted by Crippen LogP contribution is -2.40. The number of benzene rings is 1. The molecule has 0 aromatic heterocycles. The van der Waals surface area contributed by atoms with Gasteiger partial charge in [0.25, 0.3) is 0 Å². The molecule has 0 saturated carbocycles. The van der Waals surface area contributed by atoms with Crippen LogP contribution in [0.3, 0.4) is 0 Å². The molecule has 4 rings (SSSR count). The minimum atomic E-state index is 0.196. The lowest BCUT2D eigenvalue weighted by atomic mass is 9.96. The number of likely N-dealkylation sites (tertiary alicyclic amines) is 1. The van der Waals surface area contributed by atoms with Crippen molar-refractivity contribution < 1.29 is 0 Å². The van der Waals surface area contributed by atoms with Gasteiger partial charge in [0.1, 0.15) is 0 Å². The molecule has 3 heterocycles. The number of hydrogen-bond donors (Lipinski definition) is 0. The van der Waals surface area contributed by atoms with Crippen LogP contribution in [-0.2, 0) is 0 Å². The summed E-state index contributed by atoms with van der Waals surface area (Å²) in [6.07, 6.45) is 15.0. The highest BCUT2D eigenvalue weighted by Gasteiger charge is 2.23. The van der Waals surface area contributed by atoms with Crippen molar-refractivity contribution in [3.05, 3.63) is 70.6 Å². The molecule has 148 valence electrons. The van der Waals surface area contributed by atoms with Crippen molar-refractivity contribution in [2.24, 2.45) is 10.9 Å². The molecule has 3 aliphatic rings. The molecule has 3 heteroatoms. The Morgan fingerprint density at radius 3 is 2.86 bits per heavy atom. The molecule has 2 unspecified atom stereocenters. The fraction of sp³-hybridized carbons (Fsp3) is 0.480. The molecule has 1 aromatic carbocycles. The SMILES string of the molecule is CC1=CCC=CN1CC1CCCN(CC2=CC(c3ccc(C)c(C)c3)N=C2)C1. The molecule has 1 aromatic rings. The summed E-state index contributed by atoms with van der Waals surface area (Å²) in [6, 6.07) is 6.92. The summed E-state index contributed by atoms with van der Waals surface area (Å²) in [6.45, 7) is 11.2. The zero-order chi connectivity index (χ0) is 19.5. The van der Waals surface area contributed by atoms with E-state index in [2.05, 4.69) is 79.4 Å². The largest absolute Gasteiger partial charge is 0.352 e. The van der Waals surface area contributed by atoms with Crippen molar-refractivity contribution in [3.63, 3.8) is 0 Å². The standard InChI is InChI=1S/C25H33N3/c1-19-9-10-24(13-20(19)2)25-14-23(15-26-25)17-27-11-6-8-22(16-27)18-28-12-5-4-7-21(28)3/h5,7,9-10,12-15,22,25H,4,6,8,11,16-18H2,1-3H3. The van der Waals surface area contributed by atoms with Crippen LogP contribution in [0.25, 0.3) is 0 Å². The first-order chi connectivity index (χ1) is 13.6. The lowest BCUT2D eigenvalue weighted by molar-refractivity contribution is 0.169. The number of piperidine rings is 1. The number of rotatable bonds is 5. The molecule has 0 radical (unpaired) electrons. The Morgan fingerprint density at radius 2 is 2.04 bits per heavy atom. The van der Waals surface area contributed by atoms with Crippen LogP contribution < -0.4 is 0 Å². The molecule has 0 amide bonds. The Kier molecular flexibility index (Phi) is 5.82. The molecule has 2 atom stereocenters. The Labute approximate surface area is 170 Å². The molecule has 3 aliphatic heterocycles. The van der Waals surface area contributed by atoms with Crippen LogP contribution in [0.2, 0.25) is 0 Å². The zero-order valence-electron chi connectivity index (χ0n) is 17.6. The van der Waals surface area contributed by atoms with E-state index in [-0.39, 0.29) is 6.04 Å². The predicted octanol–water partition coefficient (Wildman–Crippen LogP) is 5.19. The van der Waals surface area contributed by atoms with Gasteiger partial charge in [0.15, 0.2) is 0 Å². The van der Waals surface area contributed by atoms with Crippen molar-refractivity contribution in [2.75, 3.05) is 26.2 Å². The van der Waals surface area contributed by atoms with Gasteiger partial charge in [-0.25, -0.2) is 0 Å². The highest BCUT2D eigenvalue weighted by atomic mass is 15.2. The van der Waals surface area contributed by atoms with Crippen LogP contribution in [0.15, 0.2) is 58.9 Å². The van der Waals surface area contributed by atoms with E-state index in [0.717, 1.165) is 25.4 Å². The smallest absolute Gasteiger partial charge is 0.0937 e. The summed E-state index contributed by atoms with van der Waals surface area (Å²) in [5, 5.41) is 0. The van der Waals surface area contributed by atoms with E-state index in [1.54, 1.807) is 0 Å². The quantitative estimate of drug-likeness (QED) is 0.705. The predicted molar refractivity (Wildman–Crippen MR) is 119 cm³/mol. The summed E-state index contributed by atoms with van der Waals surface area (Å²) in [4.78, 5) is 9.84. The highest BCUT2D eigenvalue weighted by molar-refractivity contribution is 5.82. The van der Waals surface area contributed by atoms with Gasteiger partial charge in [0.05, 0.1) is 6.04 Å². The van der Waals surface area contributed by atoms with E-state index in [1.807, 2.05) is 0 Å². The first-order valence-corrected chi connectivity index (χ1v) is 10.7. The Balaban J connectivity index is 1.34. The minimum absolute atomic E-state index is 0.196. The number of hydrogen-bond acceptors (Lipinski definition) is 3. The third-order valence-electron chi connectivity index (χ3n) is 6.40. The zero-order valence-corrected chi connectivity index (χ0v) is 17.6. The maximum atomic E-state index is 4.78. The summed E-state index contributed by atoms with van der Waals surface area (Å²) >= 11 is 0. The molecule has 1 saturated heterocycles. The van der Waals surface area contributed by atoms with Crippen molar-refractivity contribution in [3.8, 4) is 0 Å². The number of nitrogens with zero attached hydrogens (tertiary/aromatic N) is 3. The molecule has 0 N–H and O–H groups in total. The maximum Gasteiger partial charge on any atom is 0.0937 e. The van der Waals surface area contributed by atoms with Gasteiger partial charge in [0, 0.05) is 37.7 Å². The Morgan fingerprint density at radius 1 is 1.14 bits per heavy atom. The van der Waals surface area contributed by atoms with Gasteiger partial charge in [-0.3, -0.25) is 9.89 Å². The fourth-order valence-corrected chi connectivity index (χ4v) is 4.54. The number of aliphatic imine (C=N–C) groups is 1. The van der Waals surface area contributed by atoms with E-state index < -0.39 is 0 Å². The molecule has 0 spiro atoms. The Hall–Kier alpha value is -2.13. The molecule has 1 fully saturated rings. The number of allylic oxidation sites excluding steroid dienone is 3. The van der Waals surface area contributed by atoms with Crippen LogP contribution in [0.5, 0.6) is 0 Å². The van der Waals surface area contributed by atoms with Gasteiger partial charge in [-0.05, 0) is 80.8 Å². The second-order valence-corrected chi connectivity index (χ2v) is 8.67. The molecule has 3 nitrogen and oxygen atoms in total. The van der Waals surface area contributed by atoms with Crippen molar-refractivity contribution >= 4 is 6.21 Å². The molecular weight excluding hydrogens is 342 g/mol. The van der Waals surface area contributed by atoms with Crippen molar-refractivity contribution in [1.82, 2.24) is 9.80 Å². The van der Waals surface area contributed by atoms with Gasteiger partial charge in [-0.2, -0.15) is 0 Å². The highest BCUT2D eigenvalue weighted by Crippen LogP contribution is 2.28. The second kappa shape index (κ2) is 8.48. The van der Waals surface area contributed by atoms with Crippen LogP contribution in [0.4, 0.5) is 0 Å². The second-order valence-electron chi connectivity index (χ2n) is 8.67. The maximum absolute atomic E-state index is 4.78. The van der Waals surface area contributed by atoms with Gasteiger partial charge in [-0.1, -0.05) is 30.4 Å². The first-order valence-electron chi connectivity index (χ1n) is 10.7. The van der Waals surface area contributed by atoms with Gasteiger partial charge in [-0.15, -0.1) is 0 Å². The minimum Gasteiger partial charge on any atom is -0.352 e.